The Hall–Kier alpha value is -2.83. The Morgan fingerprint density at radius 1 is 1.06 bits per heavy atom. The summed E-state index contributed by atoms with van der Waals surface area (Å²) >= 11 is 6.37. The van der Waals surface area contributed by atoms with Crippen molar-refractivity contribution in [2.24, 2.45) is 5.92 Å². The van der Waals surface area contributed by atoms with Crippen LogP contribution in [0.15, 0.2) is 53.3 Å². The van der Waals surface area contributed by atoms with Crippen molar-refractivity contribution >= 4 is 34.1 Å². The van der Waals surface area contributed by atoms with Crippen LogP contribution in [0.1, 0.15) is 19.8 Å². The molecule has 1 unspecified atom stereocenters. The summed E-state index contributed by atoms with van der Waals surface area (Å²) in [4.78, 5) is 36.4. The molecule has 7 heteroatoms. The van der Waals surface area contributed by atoms with Crippen LogP contribution < -0.4 is 10.5 Å². The third-order valence-corrected chi connectivity index (χ3v) is 7.47. The van der Waals surface area contributed by atoms with Crippen molar-refractivity contribution in [3.63, 3.8) is 0 Å². The van der Waals surface area contributed by atoms with Crippen molar-refractivity contribution < 1.29 is 4.79 Å². The van der Waals surface area contributed by atoms with Crippen LogP contribution in [0.25, 0.3) is 22.0 Å². The first kappa shape index (κ1) is 22.9. The lowest BCUT2D eigenvalue weighted by atomic mass is 9.93. The van der Waals surface area contributed by atoms with Gasteiger partial charge in [0.1, 0.15) is 5.69 Å². The molecule has 0 spiro atoms. The number of rotatable bonds is 4. The number of aromatic amines is 1. The number of amides is 1. The summed E-state index contributed by atoms with van der Waals surface area (Å²) in [6.45, 7) is 7.93. The van der Waals surface area contributed by atoms with E-state index in [-0.39, 0.29) is 17.4 Å². The Balaban J connectivity index is 1.51. The number of fused-ring (bicyclic) bond motifs is 1. The molecule has 1 N–H and O–H groups in total. The molecule has 2 aliphatic rings. The molecule has 1 atom stereocenters. The van der Waals surface area contributed by atoms with Crippen molar-refractivity contribution in [3.8, 4) is 11.1 Å². The van der Waals surface area contributed by atoms with Gasteiger partial charge in [0.2, 0.25) is 5.91 Å². The maximum atomic E-state index is 13.4. The largest absolute Gasteiger partial charge is 0.366 e. The van der Waals surface area contributed by atoms with E-state index in [1.54, 1.807) is 6.07 Å². The van der Waals surface area contributed by atoms with Gasteiger partial charge in [0.05, 0.1) is 5.92 Å². The van der Waals surface area contributed by atoms with Gasteiger partial charge in [-0.2, -0.15) is 0 Å². The number of piperazine rings is 1. The van der Waals surface area contributed by atoms with Gasteiger partial charge in [0.25, 0.3) is 5.56 Å². The normalized spacial score (nSPS) is 19.5. The van der Waals surface area contributed by atoms with Crippen molar-refractivity contribution in [1.82, 2.24) is 14.8 Å². The fraction of sp³-hybridized carbons (Fsp3) is 0.407. The monoisotopic (exact) mass is 478 g/mol. The number of halogens is 1. The summed E-state index contributed by atoms with van der Waals surface area (Å²) in [5.74, 6) is 0.127. The number of aromatic nitrogens is 1. The van der Waals surface area contributed by atoms with Crippen molar-refractivity contribution in [3.05, 3.63) is 63.9 Å². The molecule has 2 aromatic carbocycles. The Morgan fingerprint density at radius 3 is 2.56 bits per heavy atom. The third-order valence-electron chi connectivity index (χ3n) is 7.23. The molecule has 2 saturated heterocycles. The molecular weight excluding hydrogens is 448 g/mol. The fourth-order valence-electron chi connectivity index (χ4n) is 5.38. The summed E-state index contributed by atoms with van der Waals surface area (Å²) in [6.07, 6.45) is 1.74. The maximum absolute atomic E-state index is 13.4. The zero-order chi connectivity index (χ0) is 23.7. The zero-order valence-electron chi connectivity index (χ0n) is 19.6. The van der Waals surface area contributed by atoms with Gasteiger partial charge in [-0.3, -0.25) is 9.59 Å². The number of anilines is 1. The lowest BCUT2D eigenvalue weighted by Crippen LogP contribution is -2.52. The second-order valence-electron chi connectivity index (χ2n) is 9.28. The number of H-pyrrole nitrogens is 1. The molecule has 3 aromatic rings. The highest BCUT2D eigenvalue weighted by Gasteiger charge is 2.33. The van der Waals surface area contributed by atoms with Crippen LogP contribution in [0, 0.1) is 5.92 Å². The summed E-state index contributed by atoms with van der Waals surface area (Å²) in [7, 11) is 0. The first-order valence-corrected chi connectivity index (χ1v) is 12.6. The first-order valence-electron chi connectivity index (χ1n) is 12.2. The Morgan fingerprint density at radius 2 is 1.82 bits per heavy atom. The molecule has 5 rings (SSSR count). The third kappa shape index (κ3) is 4.44. The van der Waals surface area contributed by atoms with Gasteiger partial charge in [0, 0.05) is 60.8 Å². The highest BCUT2D eigenvalue weighted by Crippen LogP contribution is 2.37. The van der Waals surface area contributed by atoms with Crippen LogP contribution in [0.3, 0.4) is 0 Å². The lowest BCUT2D eigenvalue weighted by molar-refractivity contribution is -0.137. The molecule has 0 bridgehead atoms. The first-order chi connectivity index (χ1) is 16.5. The lowest BCUT2D eigenvalue weighted by Gasteiger charge is -2.39. The number of piperidine rings is 1. The van der Waals surface area contributed by atoms with Gasteiger partial charge in [-0.1, -0.05) is 48.9 Å². The van der Waals surface area contributed by atoms with E-state index in [9.17, 15) is 9.59 Å². The standard InChI is InChI=1S/C27H31ClN4O2/c1-2-30-13-15-31(16-14-30)27(34)20-9-6-12-32(18-20)25-24(19-7-4-3-5-8-19)22-17-21(28)10-11-23(22)29-26(25)33/h3-5,7-8,10-11,17,20H,2,6,9,12-16,18H2,1H3,(H,29,33). The molecular formula is C27H31ClN4O2. The number of carbonyl (C=O) groups excluding carboxylic acids is 1. The summed E-state index contributed by atoms with van der Waals surface area (Å²) in [5.41, 5.74) is 3.12. The number of nitrogens with one attached hydrogen (secondary N) is 1. The SMILES string of the molecule is CCN1CCN(C(=O)C2CCCN(c3c(-c4ccccc4)c4cc(Cl)ccc4[nH]c3=O)C2)CC1. The number of hydrogen-bond donors (Lipinski definition) is 1. The number of nitrogens with zero attached hydrogens (tertiary/aromatic N) is 3. The minimum absolute atomic E-state index is 0.0972. The van der Waals surface area contributed by atoms with Gasteiger partial charge < -0.3 is 19.7 Å². The Labute approximate surface area is 205 Å². The van der Waals surface area contributed by atoms with Crippen molar-refractivity contribution in [2.45, 2.75) is 19.8 Å². The predicted molar refractivity (Wildman–Crippen MR) is 139 cm³/mol. The summed E-state index contributed by atoms with van der Waals surface area (Å²) in [5, 5.41) is 1.54. The number of pyridine rings is 1. The quantitative estimate of drug-likeness (QED) is 0.609. The zero-order valence-corrected chi connectivity index (χ0v) is 20.4. The topological polar surface area (TPSA) is 59.6 Å². The smallest absolute Gasteiger partial charge is 0.272 e. The van der Waals surface area contributed by atoms with E-state index < -0.39 is 0 Å². The minimum Gasteiger partial charge on any atom is -0.366 e. The predicted octanol–water partition coefficient (Wildman–Crippen LogP) is 4.23. The van der Waals surface area contributed by atoms with E-state index in [0.29, 0.717) is 17.3 Å². The number of likely N-dealkylation sites (N-methyl/N-ethyl adjacent to an activating group) is 1. The highest BCUT2D eigenvalue weighted by molar-refractivity contribution is 6.31. The van der Waals surface area contributed by atoms with E-state index in [4.69, 9.17) is 11.6 Å². The van der Waals surface area contributed by atoms with E-state index in [0.717, 1.165) is 74.1 Å². The number of benzene rings is 2. The molecule has 2 aliphatic heterocycles. The van der Waals surface area contributed by atoms with Crippen molar-refractivity contribution in [2.75, 3.05) is 50.7 Å². The summed E-state index contributed by atoms with van der Waals surface area (Å²) < 4.78 is 0. The minimum atomic E-state index is -0.127. The molecule has 0 aliphatic carbocycles. The van der Waals surface area contributed by atoms with Gasteiger partial charge in [-0.05, 0) is 43.1 Å². The van der Waals surface area contributed by atoms with Crippen LogP contribution in [0.4, 0.5) is 5.69 Å². The van der Waals surface area contributed by atoms with Crippen LogP contribution in [-0.2, 0) is 4.79 Å². The van der Waals surface area contributed by atoms with Gasteiger partial charge >= 0.3 is 0 Å². The average Bonchev–Trinajstić information content (AvgIpc) is 2.88. The molecule has 6 nitrogen and oxygen atoms in total. The van der Waals surface area contributed by atoms with E-state index >= 15 is 0 Å². The molecule has 178 valence electrons. The van der Waals surface area contributed by atoms with Crippen LogP contribution in [-0.4, -0.2) is 66.5 Å². The van der Waals surface area contributed by atoms with Gasteiger partial charge in [-0.15, -0.1) is 0 Å². The maximum Gasteiger partial charge on any atom is 0.272 e. The Kier molecular flexibility index (Phi) is 6.61. The average molecular weight is 479 g/mol. The molecule has 0 saturated carbocycles. The summed E-state index contributed by atoms with van der Waals surface area (Å²) in [6, 6.07) is 15.6. The molecule has 3 heterocycles. The fourth-order valence-corrected chi connectivity index (χ4v) is 5.55. The molecule has 34 heavy (non-hydrogen) atoms. The molecule has 0 radical (unpaired) electrons. The van der Waals surface area contributed by atoms with E-state index in [2.05, 4.69) is 21.7 Å². The van der Waals surface area contributed by atoms with Crippen molar-refractivity contribution in [1.29, 1.82) is 0 Å². The second kappa shape index (κ2) is 9.80. The van der Waals surface area contributed by atoms with Gasteiger partial charge in [0.15, 0.2) is 0 Å². The van der Waals surface area contributed by atoms with E-state index in [1.807, 2.05) is 47.4 Å². The molecule has 1 amide bonds. The second-order valence-corrected chi connectivity index (χ2v) is 9.71. The number of carbonyl (C=O) groups is 1. The Bertz CT molecular complexity index is 1230. The number of hydrogen-bond acceptors (Lipinski definition) is 4. The highest BCUT2D eigenvalue weighted by atomic mass is 35.5. The van der Waals surface area contributed by atoms with Gasteiger partial charge in [-0.25, -0.2) is 0 Å². The molecule has 2 fully saturated rings. The molecule has 1 aromatic heterocycles. The van der Waals surface area contributed by atoms with Crippen LogP contribution in [0.5, 0.6) is 0 Å². The van der Waals surface area contributed by atoms with E-state index in [1.165, 1.54) is 0 Å². The van der Waals surface area contributed by atoms with Crippen LogP contribution in [0.2, 0.25) is 5.02 Å². The van der Waals surface area contributed by atoms with Crippen LogP contribution >= 0.6 is 11.6 Å².